The van der Waals surface area contributed by atoms with E-state index in [9.17, 15) is 0 Å². The van der Waals surface area contributed by atoms with Crippen LogP contribution in [0.4, 0.5) is 5.82 Å². The maximum Gasteiger partial charge on any atom is 0.161 e. The van der Waals surface area contributed by atoms with Gasteiger partial charge in [0, 0.05) is 36.4 Å². The molecule has 0 spiro atoms. The van der Waals surface area contributed by atoms with Gasteiger partial charge in [-0.25, -0.2) is 9.97 Å². The molecular formula is C13H18N4S. The number of rotatable bonds is 1. The van der Waals surface area contributed by atoms with Crippen LogP contribution in [0.5, 0.6) is 0 Å². The van der Waals surface area contributed by atoms with Crippen LogP contribution in [0.2, 0.25) is 0 Å². The maximum absolute atomic E-state index is 4.62. The minimum Gasteiger partial charge on any atom is -0.356 e. The quantitative estimate of drug-likeness (QED) is 0.789. The second-order valence-electron chi connectivity index (χ2n) is 4.76. The van der Waals surface area contributed by atoms with E-state index in [1.807, 2.05) is 18.7 Å². The van der Waals surface area contributed by atoms with Crippen LogP contribution < -0.4 is 4.90 Å². The van der Waals surface area contributed by atoms with E-state index in [0.717, 1.165) is 35.9 Å². The lowest BCUT2D eigenvalue weighted by Crippen LogP contribution is -2.34. The van der Waals surface area contributed by atoms with Crippen LogP contribution in [0.15, 0.2) is 6.07 Å². The van der Waals surface area contributed by atoms with Crippen molar-refractivity contribution in [2.45, 2.75) is 20.8 Å². The molecule has 0 aliphatic carbocycles. The maximum atomic E-state index is 4.62. The van der Waals surface area contributed by atoms with Crippen LogP contribution in [-0.2, 0) is 0 Å². The van der Waals surface area contributed by atoms with E-state index in [2.05, 4.69) is 39.2 Å². The van der Waals surface area contributed by atoms with Crippen molar-refractivity contribution >= 4 is 23.2 Å². The number of aromatic nitrogens is 3. The molecular weight excluding hydrogens is 244 g/mol. The van der Waals surface area contributed by atoms with E-state index in [1.165, 1.54) is 17.3 Å². The van der Waals surface area contributed by atoms with Gasteiger partial charge >= 0.3 is 0 Å². The van der Waals surface area contributed by atoms with Crippen LogP contribution >= 0.6 is 11.8 Å². The predicted molar refractivity (Wildman–Crippen MR) is 76.7 cm³/mol. The third kappa shape index (κ3) is 1.86. The number of fused-ring (bicyclic) bond motifs is 1. The molecule has 4 nitrogen and oxygen atoms in total. The molecule has 0 bridgehead atoms. The highest BCUT2D eigenvalue weighted by atomic mass is 32.2. The Morgan fingerprint density at radius 2 is 1.83 bits per heavy atom. The van der Waals surface area contributed by atoms with Crippen LogP contribution in [0.3, 0.4) is 0 Å². The van der Waals surface area contributed by atoms with Crippen molar-refractivity contribution in [3.8, 4) is 0 Å². The average Bonchev–Trinajstić information content (AvgIpc) is 2.65. The predicted octanol–water partition coefficient (Wildman–Crippen LogP) is 2.21. The lowest BCUT2D eigenvalue weighted by Gasteiger charge is -2.29. The summed E-state index contributed by atoms with van der Waals surface area (Å²) in [7, 11) is 0. The van der Waals surface area contributed by atoms with E-state index >= 15 is 0 Å². The third-order valence-corrected chi connectivity index (χ3v) is 4.32. The Morgan fingerprint density at radius 1 is 1.11 bits per heavy atom. The van der Waals surface area contributed by atoms with Gasteiger partial charge in [-0.15, -0.1) is 0 Å². The molecule has 2 aromatic heterocycles. The van der Waals surface area contributed by atoms with Crippen LogP contribution in [0.1, 0.15) is 17.2 Å². The molecule has 0 radical (unpaired) electrons. The van der Waals surface area contributed by atoms with Gasteiger partial charge in [0.1, 0.15) is 11.6 Å². The molecule has 3 rings (SSSR count). The van der Waals surface area contributed by atoms with Crippen LogP contribution in [0, 0.1) is 20.8 Å². The molecule has 3 heterocycles. The minimum absolute atomic E-state index is 1.00. The number of aryl methyl sites for hydroxylation is 3. The smallest absolute Gasteiger partial charge is 0.161 e. The largest absolute Gasteiger partial charge is 0.356 e. The first-order valence-corrected chi connectivity index (χ1v) is 7.48. The second kappa shape index (κ2) is 4.46. The van der Waals surface area contributed by atoms with E-state index < -0.39 is 0 Å². The van der Waals surface area contributed by atoms with Gasteiger partial charge in [0.2, 0.25) is 0 Å². The number of hydrogen-bond acceptors (Lipinski definition) is 4. The van der Waals surface area contributed by atoms with Gasteiger partial charge in [0.05, 0.1) is 5.69 Å². The summed E-state index contributed by atoms with van der Waals surface area (Å²) in [5, 5.41) is 0. The van der Waals surface area contributed by atoms with E-state index in [-0.39, 0.29) is 0 Å². The summed E-state index contributed by atoms with van der Waals surface area (Å²) >= 11 is 2.03. The Kier molecular flexibility index (Phi) is 2.93. The molecule has 1 aliphatic rings. The highest BCUT2D eigenvalue weighted by Crippen LogP contribution is 2.24. The summed E-state index contributed by atoms with van der Waals surface area (Å²) in [6, 6.07) is 2.18. The molecule has 0 aromatic carbocycles. The van der Waals surface area contributed by atoms with Gasteiger partial charge in [0.15, 0.2) is 5.65 Å². The third-order valence-electron chi connectivity index (χ3n) is 3.37. The van der Waals surface area contributed by atoms with Gasteiger partial charge in [0.25, 0.3) is 0 Å². The lowest BCUT2D eigenvalue weighted by atomic mass is 10.3. The van der Waals surface area contributed by atoms with Gasteiger partial charge in [-0.3, -0.25) is 4.40 Å². The molecule has 0 saturated carbocycles. The molecule has 96 valence electrons. The van der Waals surface area contributed by atoms with Gasteiger partial charge in [-0.2, -0.15) is 11.8 Å². The molecule has 1 saturated heterocycles. The highest BCUT2D eigenvalue weighted by molar-refractivity contribution is 7.99. The zero-order chi connectivity index (χ0) is 12.7. The molecule has 1 aliphatic heterocycles. The molecule has 2 aromatic rings. The topological polar surface area (TPSA) is 33.4 Å². The number of thioether (sulfide) groups is 1. The summed E-state index contributed by atoms with van der Waals surface area (Å²) in [5.74, 6) is 4.68. The lowest BCUT2D eigenvalue weighted by molar-refractivity contribution is 0.814. The molecule has 0 amide bonds. The van der Waals surface area contributed by atoms with Crippen molar-refractivity contribution in [1.82, 2.24) is 14.4 Å². The Bertz CT molecular complexity index is 584. The summed E-state index contributed by atoms with van der Waals surface area (Å²) in [6.45, 7) is 8.37. The van der Waals surface area contributed by atoms with Crippen molar-refractivity contribution in [3.05, 3.63) is 23.3 Å². The Hall–Kier alpha value is -1.23. The summed E-state index contributed by atoms with van der Waals surface area (Å²) in [5.41, 5.74) is 3.09. The number of nitrogens with zero attached hydrogens (tertiary/aromatic N) is 4. The first-order valence-electron chi connectivity index (χ1n) is 6.33. The molecule has 5 heteroatoms. The Labute approximate surface area is 111 Å². The van der Waals surface area contributed by atoms with Crippen molar-refractivity contribution in [1.29, 1.82) is 0 Å². The average molecular weight is 262 g/mol. The van der Waals surface area contributed by atoms with Gasteiger partial charge < -0.3 is 4.90 Å². The molecule has 18 heavy (non-hydrogen) atoms. The minimum atomic E-state index is 1.00. The number of hydrogen-bond donors (Lipinski definition) is 0. The fourth-order valence-corrected chi connectivity index (χ4v) is 3.44. The monoisotopic (exact) mass is 262 g/mol. The van der Waals surface area contributed by atoms with Gasteiger partial charge in [-0.05, 0) is 20.8 Å². The molecule has 0 N–H and O–H groups in total. The molecule has 0 atom stereocenters. The Morgan fingerprint density at radius 3 is 2.56 bits per heavy atom. The highest BCUT2D eigenvalue weighted by Gasteiger charge is 2.17. The van der Waals surface area contributed by atoms with E-state index in [0.29, 0.717) is 0 Å². The summed E-state index contributed by atoms with van der Waals surface area (Å²) in [4.78, 5) is 11.6. The zero-order valence-corrected chi connectivity index (χ0v) is 11.9. The van der Waals surface area contributed by atoms with Crippen LogP contribution in [0.25, 0.3) is 5.65 Å². The normalized spacial score (nSPS) is 16.5. The SMILES string of the molecule is Cc1cc(N2CCSCC2)n2c(C)nc(C)c2n1. The summed E-state index contributed by atoms with van der Waals surface area (Å²) in [6.07, 6.45) is 0. The summed E-state index contributed by atoms with van der Waals surface area (Å²) < 4.78 is 2.19. The number of anilines is 1. The second-order valence-corrected chi connectivity index (χ2v) is 5.98. The fourth-order valence-electron chi connectivity index (χ4n) is 2.54. The zero-order valence-electron chi connectivity index (χ0n) is 11.1. The van der Waals surface area contributed by atoms with Crippen molar-refractivity contribution in [3.63, 3.8) is 0 Å². The van der Waals surface area contributed by atoms with Gasteiger partial charge in [-0.1, -0.05) is 0 Å². The first-order chi connectivity index (χ1) is 8.66. The van der Waals surface area contributed by atoms with Crippen LogP contribution in [-0.4, -0.2) is 39.0 Å². The van der Waals surface area contributed by atoms with Crippen molar-refractivity contribution in [2.24, 2.45) is 0 Å². The van der Waals surface area contributed by atoms with E-state index in [4.69, 9.17) is 0 Å². The van der Waals surface area contributed by atoms with Crippen molar-refractivity contribution in [2.75, 3.05) is 29.5 Å². The number of imidazole rings is 1. The fraction of sp³-hybridized carbons (Fsp3) is 0.538. The van der Waals surface area contributed by atoms with Crippen molar-refractivity contribution < 1.29 is 0 Å². The van der Waals surface area contributed by atoms with E-state index in [1.54, 1.807) is 0 Å². The first kappa shape index (κ1) is 11.8. The Balaban J connectivity index is 2.20. The molecule has 0 unspecified atom stereocenters. The standard InChI is InChI=1S/C13H18N4S/c1-9-8-12(16-4-6-18-7-5-16)17-11(3)15-10(2)13(17)14-9/h8H,4-7H2,1-3H3. The molecule has 1 fully saturated rings.